The maximum Gasteiger partial charge on any atom is 0.282 e. The van der Waals surface area contributed by atoms with Crippen molar-refractivity contribution in [2.75, 3.05) is 30.9 Å². The van der Waals surface area contributed by atoms with Crippen molar-refractivity contribution in [2.45, 2.75) is 38.0 Å². The highest BCUT2D eigenvalue weighted by molar-refractivity contribution is 9.10. The van der Waals surface area contributed by atoms with Crippen molar-refractivity contribution in [1.29, 1.82) is 0 Å². The fourth-order valence-corrected chi connectivity index (χ4v) is 5.29. The highest BCUT2D eigenvalue weighted by atomic mass is 79.9. The molecule has 0 spiro atoms. The van der Waals surface area contributed by atoms with E-state index >= 15 is 0 Å². The van der Waals surface area contributed by atoms with Gasteiger partial charge in [-0.1, -0.05) is 35.2 Å². The molecule has 0 unspecified atom stereocenters. The van der Waals surface area contributed by atoms with Gasteiger partial charge in [-0.15, -0.1) is 0 Å². The smallest absolute Gasteiger partial charge is 0.282 e. The van der Waals surface area contributed by atoms with Crippen LogP contribution in [0.25, 0.3) is 10.9 Å². The van der Waals surface area contributed by atoms with Crippen LogP contribution in [0.4, 0.5) is 15.8 Å². The van der Waals surface area contributed by atoms with Crippen LogP contribution < -0.4 is 20.5 Å². The van der Waals surface area contributed by atoms with Gasteiger partial charge in [0.05, 0.1) is 17.1 Å². The van der Waals surface area contributed by atoms with E-state index in [1.807, 2.05) is 49.3 Å². The SMILES string of the molecule is CN(C)c1ccc(C=Nn2c(C3CCCCC3)nc3ccc(Br)cc3c2=O)c(OCC(=O)Nc2ccc(F)cc2)c1. The van der Waals surface area contributed by atoms with Crippen LogP contribution in [0.15, 0.2) is 75.0 Å². The molecule has 1 amide bonds. The van der Waals surface area contributed by atoms with E-state index in [9.17, 15) is 14.0 Å². The number of hydrogen-bond donors (Lipinski definition) is 1. The molecule has 3 aromatic carbocycles. The van der Waals surface area contributed by atoms with Crippen LogP contribution in [0.3, 0.4) is 0 Å². The summed E-state index contributed by atoms with van der Waals surface area (Å²) in [7, 11) is 3.81. The monoisotopic (exact) mass is 619 g/mol. The number of nitrogens with one attached hydrogen (secondary N) is 1. The molecule has 0 saturated heterocycles. The van der Waals surface area contributed by atoms with Crippen LogP contribution in [0.2, 0.25) is 0 Å². The molecule has 1 heterocycles. The van der Waals surface area contributed by atoms with Gasteiger partial charge in [0.15, 0.2) is 6.61 Å². The summed E-state index contributed by atoms with van der Waals surface area (Å²) >= 11 is 3.46. The molecule has 1 N–H and O–H groups in total. The molecule has 1 fully saturated rings. The molecule has 1 saturated carbocycles. The van der Waals surface area contributed by atoms with E-state index < -0.39 is 5.91 Å². The molecule has 1 aliphatic carbocycles. The zero-order valence-corrected chi connectivity index (χ0v) is 24.5. The van der Waals surface area contributed by atoms with Gasteiger partial charge in [0.2, 0.25) is 0 Å². The largest absolute Gasteiger partial charge is 0.483 e. The van der Waals surface area contributed by atoms with Crippen molar-refractivity contribution in [2.24, 2.45) is 5.10 Å². The lowest BCUT2D eigenvalue weighted by Crippen LogP contribution is -2.25. The van der Waals surface area contributed by atoms with E-state index in [2.05, 4.69) is 26.3 Å². The molecule has 0 atom stereocenters. The first-order valence-corrected chi connectivity index (χ1v) is 14.3. The number of aromatic nitrogens is 2. The maximum absolute atomic E-state index is 13.7. The summed E-state index contributed by atoms with van der Waals surface area (Å²) in [6.45, 7) is -0.270. The fraction of sp³-hybridized carbons (Fsp3) is 0.290. The van der Waals surface area contributed by atoms with Gasteiger partial charge in [-0.2, -0.15) is 9.78 Å². The van der Waals surface area contributed by atoms with Crippen molar-refractivity contribution >= 4 is 50.3 Å². The normalized spacial score (nSPS) is 14.0. The van der Waals surface area contributed by atoms with Crippen LogP contribution in [0.1, 0.15) is 49.4 Å². The summed E-state index contributed by atoms with van der Waals surface area (Å²) < 4.78 is 21.3. The minimum absolute atomic E-state index is 0.142. The number of carbonyl (C=O) groups excluding carboxylic acids is 1. The number of rotatable bonds is 8. The average Bonchev–Trinajstić information content (AvgIpc) is 2.97. The Hall–Kier alpha value is -4.05. The van der Waals surface area contributed by atoms with Gasteiger partial charge in [-0.25, -0.2) is 9.37 Å². The second-order valence-corrected chi connectivity index (χ2v) is 11.2. The van der Waals surface area contributed by atoms with Crippen molar-refractivity contribution in [3.05, 3.63) is 92.7 Å². The molecular formula is C31H31BrFN5O3. The molecule has 0 aliphatic heterocycles. The summed E-state index contributed by atoms with van der Waals surface area (Å²) in [5.74, 6) is 0.451. The van der Waals surface area contributed by atoms with E-state index in [-0.39, 0.29) is 23.9 Å². The highest BCUT2D eigenvalue weighted by Crippen LogP contribution is 2.32. The zero-order chi connectivity index (χ0) is 28.9. The number of amides is 1. The maximum atomic E-state index is 13.7. The quantitative estimate of drug-likeness (QED) is 0.233. The van der Waals surface area contributed by atoms with Crippen LogP contribution >= 0.6 is 15.9 Å². The van der Waals surface area contributed by atoms with Gasteiger partial charge in [0.1, 0.15) is 17.4 Å². The Morgan fingerprint density at radius 2 is 1.88 bits per heavy atom. The van der Waals surface area contributed by atoms with Gasteiger partial charge in [0, 0.05) is 47.5 Å². The summed E-state index contributed by atoms with van der Waals surface area (Å²) in [5.41, 5.74) is 2.35. The molecule has 1 aromatic heterocycles. The molecule has 4 aromatic rings. The number of halogens is 2. The first-order valence-electron chi connectivity index (χ1n) is 13.5. The van der Waals surface area contributed by atoms with Crippen LogP contribution in [-0.4, -0.2) is 42.5 Å². The number of ether oxygens (including phenoxy) is 1. The molecule has 1 aliphatic rings. The third-order valence-corrected chi connectivity index (χ3v) is 7.61. The second-order valence-electron chi connectivity index (χ2n) is 10.3. The van der Waals surface area contributed by atoms with E-state index in [1.54, 1.807) is 12.3 Å². The minimum atomic E-state index is -0.394. The molecule has 0 radical (unpaired) electrons. The number of nitrogens with zero attached hydrogens (tertiary/aromatic N) is 4. The number of benzene rings is 3. The Morgan fingerprint density at radius 1 is 1.12 bits per heavy atom. The molecule has 212 valence electrons. The van der Waals surface area contributed by atoms with E-state index in [0.29, 0.717) is 33.7 Å². The number of fused-ring (bicyclic) bond motifs is 1. The Kier molecular flexibility index (Phi) is 8.78. The lowest BCUT2D eigenvalue weighted by Gasteiger charge is -2.23. The van der Waals surface area contributed by atoms with Crippen molar-refractivity contribution in [3.63, 3.8) is 0 Å². The Morgan fingerprint density at radius 3 is 2.61 bits per heavy atom. The van der Waals surface area contributed by atoms with Gasteiger partial charge in [-0.05, 0) is 67.4 Å². The first kappa shape index (κ1) is 28.5. The fourth-order valence-electron chi connectivity index (χ4n) is 4.93. The van der Waals surface area contributed by atoms with Crippen LogP contribution in [0.5, 0.6) is 5.75 Å². The summed E-state index contributed by atoms with van der Waals surface area (Å²) in [6.07, 6.45) is 6.85. The van der Waals surface area contributed by atoms with Crippen molar-refractivity contribution in [1.82, 2.24) is 9.66 Å². The third-order valence-electron chi connectivity index (χ3n) is 7.12. The number of hydrogen-bond acceptors (Lipinski definition) is 6. The Bertz CT molecular complexity index is 1650. The third kappa shape index (κ3) is 6.82. The standard InChI is InChI=1S/C31H31BrFN5O3/c1-37(2)25-14-8-21(28(17-25)41-19-29(39)35-24-12-10-23(33)11-13-24)18-34-38-30(20-6-4-3-5-7-20)36-27-15-9-22(32)16-26(27)31(38)40/h8-18,20H,3-7,19H2,1-2H3,(H,35,39). The van der Waals surface area contributed by atoms with Crippen molar-refractivity contribution in [3.8, 4) is 5.75 Å². The van der Waals surface area contributed by atoms with Crippen molar-refractivity contribution < 1.29 is 13.9 Å². The highest BCUT2D eigenvalue weighted by Gasteiger charge is 2.22. The predicted molar refractivity (Wildman–Crippen MR) is 164 cm³/mol. The molecule has 10 heteroatoms. The minimum Gasteiger partial charge on any atom is -0.483 e. The van der Waals surface area contributed by atoms with Gasteiger partial charge in [0.25, 0.3) is 11.5 Å². The zero-order valence-electron chi connectivity index (χ0n) is 22.9. The topological polar surface area (TPSA) is 88.8 Å². The molecule has 5 rings (SSSR count). The summed E-state index contributed by atoms with van der Waals surface area (Å²) in [6, 6.07) is 16.6. The van der Waals surface area contributed by atoms with Gasteiger partial charge in [-0.3, -0.25) is 9.59 Å². The van der Waals surface area contributed by atoms with Crippen LogP contribution in [-0.2, 0) is 4.79 Å². The molecule has 0 bridgehead atoms. The van der Waals surface area contributed by atoms with Gasteiger partial charge < -0.3 is 15.0 Å². The number of carbonyl (C=O) groups is 1. The van der Waals surface area contributed by atoms with E-state index in [0.717, 1.165) is 35.8 Å². The lowest BCUT2D eigenvalue weighted by atomic mass is 9.88. The lowest BCUT2D eigenvalue weighted by molar-refractivity contribution is -0.118. The van der Waals surface area contributed by atoms with E-state index in [1.165, 1.54) is 35.4 Å². The first-order chi connectivity index (χ1) is 19.8. The average molecular weight is 621 g/mol. The molecular weight excluding hydrogens is 589 g/mol. The second kappa shape index (κ2) is 12.6. The predicted octanol–water partition coefficient (Wildman–Crippen LogP) is 6.31. The van der Waals surface area contributed by atoms with Crippen LogP contribution in [0, 0.1) is 5.82 Å². The molecule has 41 heavy (non-hydrogen) atoms. The summed E-state index contributed by atoms with van der Waals surface area (Å²) in [5, 5.41) is 7.82. The summed E-state index contributed by atoms with van der Waals surface area (Å²) in [4.78, 5) is 33.1. The number of anilines is 2. The van der Waals surface area contributed by atoms with E-state index in [4.69, 9.17) is 9.72 Å². The van der Waals surface area contributed by atoms with Gasteiger partial charge >= 0.3 is 0 Å². The molecule has 8 nitrogen and oxygen atoms in total. The Labute approximate surface area is 246 Å². The Balaban J connectivity index is 1.47.